The van der Waals surface area contributed by atoms with E-state index < -0.39 is 6.03 Å². The van der Waals surface area contributed by atoms with Crippen LogP contribution in [-0.4, -0.2) is 23.3 Å². The Morgan fingerprint density at radius 1 is 1.05 bits per heavy atom. The number of fused-ring (bicyclic) bond motifs is 1. The highest BCUT2D eigenvalue weighted by Gasteiger charge is 2.48. The van der Waals surface area contributed by atoms with Crippen LogP contribution in [0.3, 0.4) is 0 Å². The van der Waals surface area contributed by atoms with Gasteiger partial charge in [-0.3, -0.25) is 9.59 Å². The van der Waals surface area contributed by atoms with Crippen molar-refractivity contribution < 1.29 is 14.4 Å². The van der Waals surface area contributed by atoms with E-state index in [-0.39, 0.29) is 29.1 Å². The smallest absolute Gasteiger partial charge is 0.340 e. The van der Waals surface area contributed by atoms with Crippen LogP contribution < -0.4 is 10.7 Å². The number of carbonyl (C=O) groups is 3. The summed E-state index contributed by atoms with van der Waals surface area (Å²) in [6.07, 6.45) is 3.34. The van der Waals surface area contributed by atoms with E-state index in [2.05, 4.69) is 5.10 Å². The molecule has 2 amide bonds. The van der Waals surface area contributed by atoms with Crippen LogP contribution in [0.5, 0.6) is 0 Å². The molecule has 0 bridgehead atoms. The van der Waals surface area contributed by atoms with Gasteiger partial charge in [-0.1, -0.05) is 31.0 Å². The topological polar surface area (TPSA) is 92.8 Å². The van der Waals surface area contributed by atoms with Crippen LogP contribution in [0.15, 0.2) is 35.4 Å². The lowest BCUT2D eigenvalue weighted by molar-refractivity contribution is -0.120. The van der Waals surface area contributed by atoms with Gasteiger partial charge in [0.1, 0.15) is 0 Å². The molecule has 2 fully saturated rings. The zero-order valence-electron chi connectivity index (χ0n) is 12.1. The van der Waals surface area contributed by atoms with Crippen molar-refractivity contribution in [3.05, 3.63) is 30.3 Å². The highest BCUT2D eigenvalue weighted by Crippen LogP contribution is 2.37. The Morgan fingerprint density at radius 2 is 1.59 bits per heavy atom. The fourth-order valence-electron chi connectivity index (χ4n) is 3.23. The average Bonchev–Trinajstić information content (AvgIpc) is 2.78. The lowest BCUT2D eigenvalue weighted by Gasteiger charge is -2.20. The minimum absolute atomic E-state index is 0.139. The molecule has 2 aliphatic rings. The molecule has 2 atom stereocenters. The number of hydrazone groups is 1. The third-order valence-corrected chi connectivity index (χ3v) is 4.32. The number of primary amides is 1. The van der Waals surface area contributed by atoms with Crippen molar-refractivity contribution in [3.8, 4) is 0 Å². The van der Waals surface area contributed by atoms with Crippen molar-refractivity contribution in [2.75, 3.05) is 5.01 Å². The molecule has 0 spiro atoms. The molecule has 2 unspecified atom stereocenters. The maximum absolute atomic E-state index is 12.4. The van der Waals surface area contributed by atoms with Crippen LogP contribution >= 0.6 is 0 Å². The van der Waals surface area contributed by atoms with E-state index >= 15 is 0 Å². The van der Waals surface area contributed by atoms with Crippen molar-refractivity contribution in [1.82, 2.24) is 0 Å². The van der Waals surface area contributed by atoms with Gasteiger partial charge in [0.15, 0.2) is 17.3 Å². The monoisotopic (exact) mass is 299 g/mol. The van der Waals surface area contributed by atoms with E-state index in [1.807, 2.05) is 0 Å². The Bertz CT molecular complexity index is 628. The number of carbonyl (C=O) groups excluding carboxylic acids is 3. The van der Waals surface area contributed by atoms with E-state index in [0.29, 0.717) is 5.69 Å². The second-order valence-electron chi connectivity index (χ2n) is 5.66. The predicted molar refractivity (Wildman–Crippen MR) is 81.4 cm³/mol. The van der Waals surface area contributed by atoms with Crippen LogP contribution in [0.4, 0.5) is 10.5 Å². The summed E-state index contributed by atoms with van der Waals surface area (Å²) in [6.45, 7) is 0. The molecular formula is C16H17N3O3. The first-order chi connectivity index (χ1) is 10.6. The third kappa shape index (κ3) is 2.41. The Morgan fingerprint density at radius 3 is 2.09 bits per heavy atom. The molecule has 6 heteroatoms. The summed E-state index contributed by atoms with van der Waals surface area (Å²) < 4.78 is 0. The zero-order valence-corrected chi connectivity index (χ0v) is 12.1. The van der Waals surface area contributed by atoms with Gasteiger partial charge >= 0.3 is 6.03 Å². The van der Waals surface area contributed by atoms with E-state index in [0.717, 1.165) is 30.7 Å². The summed E-state index contributed by atoms with van der Waals surface area (Å²) in [7, 11) is 0. The number of benzene rings is 1. The average molecular weight is 299 g/mol. The number of hydrogen-bond acceptors (Lipinski definition) is 4. The van der Waals surface area contributed by atoms with Gasteiger partial charge in [0.25, 0.3) is 0 Å². The normalized spacial score (nSPS) is 24.1. The van der Waals surface area contributed by atoms with Crippen molar-refractivity contribution in [1.29, 1.82) is 0 Å². The quantitative estimate of drug-likeness (QED) is 0.845. The van der Waals surface area contributed by atoms with Gasteiger partial charge in [-0.2, -0.15) is 10.1 Å². The Balaban J connectivity index is 1.97. The molecule has 0 aliphatic heterocycles. The summed E-state index contributed by atoms with van der Waals surface area (Å²) >= 11 is 0. The molecule has 0 radical (unpaired) electrons. The lowest BCUT2D eigenvalue weighted by atomic mass is 9.81. The molecule has 2 N–H and O–H groups in total. The van der Waals surface area contributed by atoms with Crippen LogP contribution in [0.25, 0.3) is 0 Å². The number of nitrogens with two attached hydrogens (primary N) is 1. The number of rotatable bonds is 2. The standard InChI is InChI=1S/C16H17N3O3/c17-16(22)19(10-6-2-1-3-7-10)18-13-14(20)11-8-4-5-9-12(11)15(13)21/h1-3,6-7,11-12H,4-5,8-9H2,(H2,17,22). The second kappa shape index (κ2) is 5.71. The molecule has 3 rings (SSSR count). The molecule has 0 aromatic heterocycles. The van der Waals surface area contributed by atoms with Gasteiger partial charge in [0.05, 0.1) is 5.69 Å². The summed E-state index contributed by atoms with van der Waals surface area (Å²) in [6, 6.07) is 7.70. The summed E-state index contributed by atoms with van der Waals surface area (Å²) in [5.74, 6) is -1.05. The van der Waals surface area contributed by atoms with E-state index in [1.165, 1.54) is 0 Å². The maximum atomic E-state index is 12.4. The maximum Gasteiger partial charge on any atom is 0.340 e. The Labute approximate surface area is 128 Å². The third-order valence-electron chi connectivity index (χ3n) is 4.32. The first-order valence-electron chi connectivity index (χ1n) is 7.41. The molecule has 2 saturated carbocycles. The molecule has 0 saturated heterocycles. The Hall–Kier alpha value is -2.50. The van der Waals surface area contributed by atoms with E-state index in [1.54, 1.807) is 30.3 Å². The van der Waals surface area contributed by atoms with Gasteiger partial charge in [-0.15, -0.1) is 0 Å². The number of amides is 2. The van der Waals surface area contributed by atoms with Gasteiger partial charge in [0.2, 0.25) is 0 Å². The SMILES string of the molecule is NC(=O)N(N=C1C(=O)C2CCCCC2C1=O)c1ccccc1. The first-order valence-corrected chi connectivity index (χ1v) is 7.41. The fraction of sp³-hybridized carbons (Fsp3) is 0.375. The molecule has 1 aromatic rings. The lowest BCUT2D eigenvalue weighted by Crippen LogP contribution is -2.34. The molecule has 6 nitrogen and oxygen atoms in total. The van der Waals surface area contributed by atoms with Crippen LogP contribution in [0.2, 0.25) is 0 Å². The molecule has 2 aliphatic carbocycles. The Kier molecular flexibility index (Phi) is 3.75. The number of urea groups is 1. The molecule has 22 heavy (non-hydrogen) atoms. The van der Waals surface area contributed by atoms with Crippen molar-refractivity contribution in [3.63, 3.8) is 0 Å². The predicted octanol–water partition coefficient (Wildman–Crippen LogP) is 1.89. The number of para-hydroxylation sites is 1. The van der Waals surface area contributed by atoms with Gasteiger partial charge in [-0.05, 0) is 25.0 Å². The van der Waals surface area contributed by atoms with Crippen molar-refractivity contribution in [2.45, 2.75) is 25.7 Å². The van der Waals surface area contributed by atoms with Crippen LogP contribution in [-0.2, 0) is 9.59 Å². The number of anilines is 1. The zero-order chi connectivity index (χ0) is 15.7. The van der Waals surface area contributed by atoms with Gasteiger partial charge in [-0.25, -0.2) is 4.79 Å². The largest absolute Gasteiger partial charge is 0.350 e. The van der Waals surface area contributed by atoms with E-state index in [4.69, 9.17) is 5.73 Å². The molecule has 1 aromatic carbocycles. The van der Waals surface area contributed by atoms with Crippen LogP contribution in [0.1, 0.15) is 25.7 Å². The van der Waals surface area contributed by atoms with Crippen molar-refractivity contribution >= 4 is 29.0 Å². The number of Topliss-reactive ketones (excluding diaryl/α,β-unsaturated/α-hetero) is 2. The van der Waals surface area contributed by atoms with Crippen LogP contribution in [0, 0.1) is 11.8 Å². The highest BCUT2D eigenvalue weighted by molar-refractivity contribution is 6.70. The molecule has 114 valence electrons. The number of ketones is 2. The van der Waals surface area contributed by atoms with Crippen molar-refractivity contribution in [2.24, 2.45) is 22.7 Å². The first kappa shape index (κ1) is 14.4. The molecule has 0 heterocycles. The highest BCUT2D eigenvalue weighted by atomic mass is 16.2. The minimum Gasteiger partial charge on any atom is -0.350 e. The minimum atomic E-state index is -0.825. The second-order valence-corrected chi connectivity index (χ2v) is 5.66. The van der Waals surface area contributed by atoms with Gasteiger partial charge in [0, 0.05) is 11.8 Å². The number of hydrogen-bond donors (Lipinski definition) is 1. The summed E-state index contributed by atoms with van der Waals surface area (Å²) in [5, 5.41) is 4.93. The summed E-state index contributed by atoms with van der Waals surface area (Å²) in [4.78, 5) is 36.5. The van der Waals surface area contributed by atoms with Gasteiger partial charge < -0.3 is 5.73 Å². The van der Waals surface area contributed by atoms with E-state index in [9.17, 15) is 14.4 Å². The molecular weight excluding hydrogens is 282 g/mol. The number of nitrogens with zero attached hydrogens (tertiary/aromatic N) is 2. The fourth-order valence-corrected chi connectivity index (χ4v) is 3.23. The summed E-state index contributed by atoms with van der Waals surface area (Å²) in [5.41, 5.74) is 5.63.